The number of halogens is 6. The maximum absolute atomic E-state index is 13.9. The van der Waals surface area contributed by atoms with Gasteiger partial charge in [-0.05, 0) is 60.5 Å². The highest BCUT2D eigenvalue weighted by Crippen LogP contribution is 2.28. The molecule has 0 saturated carbocycles. The van der Waals surface area contributed by atoms with Gasteiger partial charge < -0.3 is 19.9 Å². The number of alkyl halides is 3. The van der Waals surface area contributed by atoms with Gasteiger partial charge in [0.05, 0.1) is 18.9 Å². The van der Waals surface area contributed by atoms with Crippen molar-refractivity contribution in [3.8, 4) is 11.5 Å². The normalized spacial score (nSPS) is 14.9. The zero-order valence-electron chi connectivity index (χ0n) is 21.6. The summed E-state index contributed by atoms with van der Waals surface area (Å²) in [5.74, 6) is -6.04. The second kappa shape index (κ2) is 12.8. The number of carboxylic acids is 1. The number of hydrazone groups is 1. The Morgan fingerprint density at radius 1 is 0.976 bits per heavy atom. The minimum absolute atomic E-state index is 0.0375. The number of amides is 1. The second-order valence-corrected chi connectivity index (χ2v) is 9.17. The fraction of sp³-hybridized carbons (Fsp3) is 0.250. The van der Waals surface area contributed by atoms with Crippen molar-refractivity contribution in [2.24, 2.45) is 5.10 Å². The number of nitrogens with one attached hydrogen (secondary N) is 1. The molecule has 1 heterocycles. The van der Waals surface area contributed by atoms with Crippen molar-refractivity contribution in [1.82, 2.24) is 5.01 Å². The minimum Gasteiger partial charge on any atom is -0.494 e. The number of nitrogens with zero attached hydrogens (tertiary/aromatic N) is 2. The number of carbonyl (C=O) groups is 2. The second-order valence-electron chi connectivity index (χ2n) is 9.17. The van der Waals surface area contributed by atoms with E-state index in [4.69, 9.17) is 9.84 Å². The van der Waals surface area contributed by atoms with E-state index in [-0.39, 0.29) is 43.0 Å². The molecule has 1 unspecified atom stereocenters. The lowest BCUT2D eigenvalue weighted by molar-refractivity contribution is -0.274. The van der Waals surface area contributed by atoms with E-state index in [2.05, 4.69) is 15.2 Å². The Morgan fingerprint density at radius 2 is 1.60 bits per heavy atom. The molecule has 0 aliphatic carbocycles. The summed E-state index contributed by atoms with van der Waals surface area (Å²) in [6, 6.07) is 11.6. The van der Waals surface area contributed by atoms with Gasteiger partial charge in [-0.1, -0.05) is 12.1 Å². The molecule has 0 radical (unpaired) electrons. The van der Waals surface area contributed by atoms with E-state index in [1.165, 1.54) is 17.1 Å². The standard InChI is InChI=1S/C28H23F6N3O5/c29-21-12-17(13-22(30)26(21)31)23-14-24(27(40)35-18-5-9-20(10-6-18)42-28(32,33)34)37(36-23)15-16-3-7-19(8-4-16)41-11-1-2-25(38)39/h3-10,12-13,24H,1-2,11,14-15H2,(H,35,40)(H,38,39). The number of rotatable bonds is 11. The first kappa shape index (κ1) is 30.2. The molecule has 0 aromatic heterocycles. The first-order chi connectivity index (χ1) is 19.9. The number of carboxylic acid groups (broad SMARTS) is 1. The van der Waals surface area contributed by atoms with Gasteiger partial charge in [0.1, 0.15) is 17.5 Å². The van der Waals surface area contributed by atoms with Gasteiger partial charge in [0.15, 0.2) is 17.5 Å². The van der Waals surface area contributed by atoms with E-state index < -0.39 is 47.5 Å². The molecule has 8 nitrogen and oxygen atoms in total. The fourth-order valence-corrected chi connectivity index (χ4v) is 4.08. The molecular weight excluding hydrogens is 572 g/mol. The highest BCUT2D eigenvalue weighted by molar-refractivity contribution is 6.07. The van der Waals surface area contributed by atoms with E-state index in [0.717, 1.165) is 24.3 Å². The smallest absolute Gasteiger partial charge is 0.494 e. The molecule has 0 bridgehead atoms. The number of hydrogen-bond acceptors (Lipinski definition) is 6. The minimum atomic E-state index is -4.88. The number of carbonyl (C=O) groups excluding carboxylic acids is 1. The maximum atomic E-state index is 13.9. The molecule has 2 N–H and O–H groups in total. The highest BCUT2D eigenvalue weighted by atomic mass is 19.4. The number of aliphatic carboxylic acids is 1. The summed E-state index contributed by atoms with van der Waals surface area (Å²) in [5, 5.41) is 17.0. The lowest BCUT2D eigenvalue weighted by Gasteiger charge is -2.23. The van der Waals surface area contributed by atoms with Crippen molar-refractivity contribution in [1.29, 1.82) is 0 Å². The van der Waals surface area contributed by atoms with Crippen LogP contribution in [-0.4, -0.2) is 46.7 Å². The topological polar surface area (TPSA) is 100 Å². The molecule has 1 amide bonds. The van der Waals surface area contributed by atoms with Crippen LogP contribution < -0.4 is 14.8 Å². The van der Waals surface area contributed by atoms with Gasteiger partial charge in [-0.2, -0.15) is 5.10 Å². The molecule has 0 fully saturated rings. The number of hydrogen-bond donors (Lipinski definition) is 2. The SMILES string of the molecule is O=C(O)CCCOc1ccc(CN2N=C(c3cc(F)c(F)c(F)c3)CC2C(=O)Nc2ccc(OC(F)(F)F)cc2)cc1. The largest absolute Gasteiger partial charge is 0.573 e. The van der Waals surface area contributed by atoms with Gasteiger partial charge in [-0.3, -0.25) is 14.6 Å². The molecule has 1 atom stereocenters. The van der Waals surface area contributed by atoms with Gasteiger partial charge in [0.25, 0.3) is 0 Å². The Kier molecular flexibility index (Phi) is 9.23. The van der Waals surface area contributed by atoms with E-state index >= 15 is 0 Å². The van der Waals surface area contributed by atoms with E-state index in [1.54, 1.807) is 24.3 Å². The molecular formula is C28H23F6N3O5. The Balaban J connectivity index is 1.50. The fourth-order valence-electron chi connectivity index (χ4n) is 4.08. The first-order valence-electron chi connectivity index (χ1n) is 12.5. The van der Waals surface area contributed by atoms with Crippen LogP contribution in [0.4, 0.5) is 32.0 Å². The van der Waals surface area contributed by atoms with Crippen molar-refractivity contribution in [2.75, 3.05) is 11.9 Å². The van der Waals surface area contributed by atoms with Crippen molar-refractivity contribution in [3.63, 3.8) is 0 Å². The van der Waals surface area contributed by atoms with Crippen LogP contribution in [0, 0.1) is 17.5 Å². The molecule has 42 heavy (non-hydrogen) atoms. The Labute approximate surface area is 235 Å². The molecule has 3 aromatic carbocycles. The van der Waals surface area contributed by atoms with Gasteiger partial charge >= 0.3 is 12.3 Å². The molecule has 4 rings (SSSR count). The monoisotopic (exact) mass is 595 g/mol. The van der Waals surface area contributed by atoms with Crippen molar-refractivity contribution < 1.29 is 50.5 Å². The summed E-state index contributed by atoms with van der Waals surface area (Å²) >= 11 is 0. The Hall–Kier alpha value is -4.75. The van der Waals surface area contributed by atoms with E-state index in [9.17, 15) is 35.9 Å². The van der Waals surface area contributed by atoms with Crippen LogP contribution in [0.2, 0.25) is 0 Å². The van der Waals surface area contributed by atoms with Crippen LogP contribution in [-0.2, 0) is 16.1 Å². The van der Waals surface area contributed by atoms with Crippen molar-refractivity contribution in [3.05, 3.63) is 89.2 Å². The molecule has 0 saturated heterocycles. The maximum Gasteiger partial charge on any atom is 0.573 e. The molecule has 0 spiro atoms. The Bertz CT molecular complexity index is 1440. The summed E-state index contributed by atoms with van der Waals surface area (Å²) in [6.45, 7) is 0.257. The Morgan fingerprint density at radius 3 is 2.19 bits per heavy atom. The number of benzene rings is 3. The molecule has 222 valence electrons. The average Bonchev–Trinajstić information content (AvgIpc) is 3.34. The number of anilines is 1. The molecule has 1 aliphatic heterocycles. The zero-order chi connectivity index (χ0) is 30.4. The molecule has 3 aromatic rings. The van der Waals surface area contributed by atoms with E-state index in [0.29, 0.717) is 17.7 Å². The quantitative estimate of drug-likeness (QED) is 0.164. The third-order valence-corrected chi connectivity index (χ3v) is 6.04. The third-order valence-electron chi connectivity index (χ3n) is 6.04. The average molecular weight is 595 g/mol. The van der Waals surface area contributed by atoms with Crippen LogP contribution in [0.1, 0.15) is 30.4 Å². The lowest BCUT2D eigenvalue weighted by Crippen LogP contribution is -2.38. The zero-order valence-corrected chi connectivity index (χ0v) is 21.6. The summed E-state index contributed by atoms with van der Waals surface area (Å²) in [6.07, 6.45) is -4.71. The van der Waals surface area contributed by atoms with Gasteiger partial charge in [0.2, 0.25) is 5.91 Å². The highest BCUT2D eigenvalue weighted by Gasteiger charge is 2.34. The summed E-state index contributed by atoms with van der Waals surface area (Å²) in [5.41, 5.74) is 0.873. The molecule has 1 aliphatic rings. The molecule has 14 heteroatoms. The van der Waals surface area contributed by atoms with Crippen LogP contribution in [0.5, 0.6) is 11.5 Å². The predicted octanol–water partition coefficient (Wildman–Crippen LogP) is 5.86. The lowest BCUT2D eigenvalue weighted by atomic mass is 10.0. The van der Waals surface area contributed by atoms with Crippen LogP contribution in [0.3, 0.4) is 0 Å². The predicted molar refractivity (Wildman–Crippen MR) is 137 cm³/mol. The van der Waals surface area contributed by atoms with Gasteiger partial charge in [0, 0.05) is 24.1 Å². The van der Waals surface area contributed by atoms with E-state index in [1.807, 2.05) is 0 Å². The number of ether oxygens (including phenoxy) is 2. The first-order valence-corrected chi connectivity index (χ1v) is 12.5. The summed E-state index contributed by atoms with van der Waals surface area (Å²) in [7, 11) is 0. The van der Waals surface area contributed by atoms with Crippen LogP contribution in [0.25, 0.3) is 0 Å². The summed E-state index contributed by atoms with van der Waals surface area (Å²) in [4.78, 5) is 23.9. The van der Waals surface area contributed by atoms with Gasteiger partial charge in [-0.25, -0.2) is 13.2 Å². The van der Waals surface area contributed by atoms with Gasteiger partial charge in [-0.15, -0.1) is 13.2 Å². The van der Waals surface area contributed by atoms with Crippen LogP contribution in [0.15, 0.2) is 65.8 Å². The van der Waals surface area contributed by atoms with Crippen molar-refractivity contribution >= 4 is 23.3 Å². The van der Waals surface area contributed by atoms with Crippen molar-refractivity contribution in [2.45, 2.75) is 38.2 Å². The van der Waals surface area contributed by atoms with Crippen LogP contribution >= 0.6 is 0 Å². The third kappa shape index (κ3) is 8.15. The summed E-state index contributed by atoms with van der Waals surface area (Å²) < 4.78 is 88.0.